The Morgan fingerprint density at radius 1 is 1.06 bits per heavy atom. The molecule has 18 heavy (non-hydrogen) atoms. The van der Waals surface area contributed by atoms with Crippen LogP contribution in [0.15, 0.2) is 51.1 Å². The molecule has 0 aliphatic rings. The fraction of sp³-hybridized carbons (Fsp3) is 0.0769. The van der Waals surface area contributed by atoms with Crippen molar-refractivity contribution >= 4 is 23.1 Å². The lowest BCUT2D eigenvalue weighted by Gasteiger charge is -2.01. The average molecular weight is 274 g/mol. The SMILES string of the molecule is CSc1ccccc1-c1nnc(-c2cccs2)o1. The lowest BCUT2D eigenvalue weighted by Crippen LogP contribution is -1.81. The Bertz CT molecular complexity index is 647. The summed E-state index contributed by atoms with van der Waals surface area (Å²) in [6, 6.07) is 12.0. The first-order valence-electron chi connectivity index (χ1n) is 5.39. The largest absolute Gasteiger partial charge is 0.415 e. The molecule has 0 saturated heterocycles. The van der Waals surface area contributed by atoms with E-state index in [9.17, 15) is 0 Å². The van der Waals surface area contributed by atoms with Crippen molar-refractivity contribution in [2.45, 2.75) is 4.90 Å². The third-order valence-corrected chi connectivity index (χ3v) is 4.15. The minimum atomic E-state index is 0.573. The minimum absolute atomic E-state index is 0.573. The smallest absolute Gasteiger partial charge is 0.258 e. The molecule has 90 valence electrons. The fourth-order valence-corrected chi connectivity index (χ4v) is 2.89. The highest BCUT2D eigenvalue weighted by Crippen LogP contribution is 2.31. The predicted molar refractivity (Wildman–Crippen MR) is 74.8 cm³/mol. The molecular formula is C13H10N2OS2. The predicted octanol–water partition coefficient (Wildman–Crippen LogP) is 4.19. The average Bonchev–Trinajstić information content (AvgIpc) is 3.09. The van der Waals surface area contributed by atoms with Gasteiger partial charge >= 0.3 is 0 Å². The van der Waals surface area contributed by atoms with Crippen LogP contribution in [-0.2, 0) is 0 Å². The number of hydrogen-bond acceptors (Lipinski definition) is 5. The van der Waals surface area contributed by atoms with Crippen molar-refractivity contribution in [3.63, 3.8) is 0 Å². The zero-order valence-electron chi connectivity index (χ0n) is 9.66. The second-order valence-electron chi connectivity index (χ2n) is 3.59. The highest BCUT2D eigenvalue weighted by molar-refractivity contribution is 7.98. The van der Waals surface area contributed by atoms with Crippen molar-refractivity contribution in [2.75, 3.05) is 6.26 Å². The molecule has 2 aromatic heterocycles. The molecule has 3 nitrogen and oxygen atoms in total. The van der Waals surface area contributed by atoms with Gasteiger partial charge in [-0.3, -0.25) is 0 Å². The zero-order valence-corrected chi connectivity index (χ0v) is 11.3. The summed E-state index contributed by atoms with van der Waals surface area (Å²) >= 11 is 3.26. The lowest BCUT2D eigenvalue weighted by atomic mass is 10.2. The van der Waals surface area contributed by atoms with E-state index in [1.807, 2.05) is 42.0 Å². The second kappa shape index (κ2) is 4.96. The molecule has 0 radical (unpaired) electrons. The molecule has 0 unspecified atom stereocenters. The molecule has 3 rings (SSSR count). The van der Waals surface area contributed by atoms with Gasteiger partial charge in [-0.15, -0.1) is 33.3 Å². The summed E-state index contributed by atoms with van der Waals surface area (Å²) in [6.45, 7) is 0. The molecule has 0 atom stereocenters. The zero-order chi connectivity index (χ0) is 12.4. The summed E-state index contributed by atoms with van der Waals surface area (Å²) in [5.41, 5.74) is 0.986. The van der Waals surface area contributed by atoms with Gasteiger partial charge in [-0.25, -0.2) is 0 Å². The van der Waals surface area contributed by atoms with Crippen LogP contribution in [-0.4, -0.2) is 16.5 Å². The molecule has 5 heteroatoms. The van der Waals surface area contributed by atoms with Gasteiger partial charge in [0, 0.05) is 4.90 Å². The highest BCUT2D eigenvalue weighted by atomic mass is 32.2. The van der Waals surface area contributed by atoms with Crippen LogP contribution < -0.4 is 0 Å². The molecule has 0 spiro atoms. The van der Waals surface area contributed by atoms with Crippen LogP contribution in [0.1, 0.15) is 0 Å². The summed E-state index contributed by atoms with van der Waals surface area (Å²) in [5.74, 6) is 1.15. The quantitative estimate of drug-likeness (QED) is 0.671. The van der Waals surface area contributed by atoms with E-state index in [1.54, 1.807) is 23.1 Å². The molecule has 0 saturated carbocycles. The first-order chi connectivity index (χ1) is 8.88. The second-order valence-corrected chi connectivity index (χ2v) is 5.39. The Morgan fingerprint density at radius 2 is 1.89 bits per heavy atom. The van der Waals surface area contributed by atoms with Gasteiger partial charge in [0.2, 0.25) is 5.89 Å². The Hall–Kier alpha value is -1.59. The number of nitrogens with zero attached hydrogens (tertiary/aromatic N) is 2. The summed E-state index contributed by atoms with van der Waals surface area (Å²) in [6.07, 6.45) is 2.04. The van der Waals surface area contributed by atoms with Crippen LogP contribution in [0.5, 0.6) is 0 Å². The van der Waals surface area contributed by atoms with Crippen molar-refractivity contribution in [3.05, 3.63) is 41.8 Å². The normalized spacial score (nSPS) is 10.7. The first-order valence-corrected chi connectivity index (χ1v) is 7.49. The van der Waals surface area contributed by atoms with E-state index < -0.39 is 0 Å². The topological polar surface area (TPSA) is 38.9 Å². The standard InChI is InChI=1S/C13H10N2OS2/c1-17-10-6-3-2-5-9(10)12-14-15-13(16-12)11-7-4-8-18-11/h2-8H,1H3. The van der Waals surface area contributed by atoms with E-state index in [-0.39, 0.29) is 0 Å². The maximum Gasteiger partial charge on any atom is 0.258 e. The van der Waals surface area contributed by atoms with E-state index in [2.05, 4.69) is 16.3 Å². The number of thioether (sulfide) groups is 1. The van der Waals surface area contributed by atoms with E-state index in [0.29, 0.717) is 11.8 Å². The van der Waals surface area contributed by atoms with E-state index in [1.165, 1.54) is 0 Å². The van der Waals surface area contributed by atoms with Crippen molar-refractivity contribution in [2.24, 2.45) is 0 Å². The number of thiophene rings is 1. The molecule has 0 aliphatic heterocycles. The Morgan fingerprint density at radius 3 is 2.67 bits per heavy atom. The number of rotatable bonds is 3. The van der Waals surface area contributed by atoms with Gasteiger partial charge in [0.05, 0.1) is 10.4 Å². The monoisotopic (exact) mass is 274 g/mol. The molecular weight excluding hydrogens is 264 g/mol. The summed E-state index contributed by atoms with van der Waals surface area (Å²) in [5, 5.41) is 10.2. The van der Waals surface area contributed by atoms with Crippen LogP contribution in [0.25, 0.3) is 22.2 Å². The van der Waals surface area contributed by atoms with Gasteiger partial charge in [0.15, 0.2) is 0 Å². The van der Waals surface area contributed by atoms with Crippen molar-refractivity contribution in [3.8, 4) is 22.2 Å². The molecule has 1 aromatic carbocycles. The fourth-order valence-electron chi connectivity index (χ4n) is 1.65. The highest BCUT2D eigenvalue weighted by Gasteiger charge is 2.13. The van der Waals surface area contributed by atoms with Crippen molar-refractivity contribution in [1.82, 2.24) is 10.2 Å². The van der Waals surface area contributed by atoms with Gasteiger partial charge in [0.1, 0.15) is 0 Å². The molecule has 2 heterocycles. The number of aromatic nitrogens is 2. The van der Waals surface area contributed by atoms with Gasteiger partial charge < -0.3 is 4.42 Å². The van der Waals surface area contributed by atoms with Gasteiger partial charge in [-0.2, -0.15) is 0 Å². The van der Waals surface area contributed by atoms with E-state index >= 15 is 0 Å². The van der Waals surface area contributed by atoms with E-state index in [0.717, 1.165) is 15.3 Å². The van der Waals surface area contributed by atoms with Crippen molar-refractivity contribution < 1.29 is 4.42 Å². The van der Waals surface area contributed by atoms with Gasteiger partial charge in [0.25, 0.3) is 5.89 Å². The van der Waals surface area contributed by atoms with Crippen LogP contribution in [0, 0.1) is 0 Å². The van der Waals surface area contributed by atoms with Gasteiger partial charge in [-0.1, -0.05) is 18.2 Å². The van der Waals surface area contributed by atoms with Crippen LogP contribution in [0.2, 0.25) is 0 Å². The Labute approximate surface area is 113 Å². The number of hydrogen-bond donors (Lipinski definition) is 0. The number of benzene rings is 1. The van der Waals surface area contributed by atoms with Crippen LogP contribution >= 0.6 is 23.1 Å². The third-order valence-electron chi connectivity index (χ3n) is 2.49. The third kappa shape index (κ3) is 2.07. The summed E-state index contributed by atoms with van der Waals surface area (Å²) in [4.78, 5) is 2.13. The van der Waals surface area contributed by atoms with Crippen LogP contribution in [0.3, 0.4) is 0 Å². The lowest BCUT2D eigenvalue weighted by molar-refractivity contribution is 0.584. The maximum atomic E-state index is 5.73. The molecule has 0 N–H and O–H groups in total. The Balaban J connectivity index is 2.03. The van der Waals surface area contributed by atoms with E-state index in [4.69, 9.17) is 4.42 Å². The Kier molecular flexibility index (Phi) is 3.17. The van der Waals surface area contributed by atoms with Crippen molar-refractivity contribution in [1.29, 1.82) is 0 Å². The molecule has 0 fully saturated rings. The molecule has 0 bridgehead atoms. The molecule has 3 aromatic rings. The maximum absolute atomic E-state index is 5.73. The van der Waals surface area contributed by atoms with Gasteiger partial charge in [-0.05, 0) is 29.8 Å². The van der Waals surface area contributed by atoms with Crippen LogP contribution in [0.4, 0.5) is 0 Å². The minimum Gasteiger partial charge on any atom is -0.415 e. The molecule has 0 amide bonds. The summed E-state index contributed by atoms with van der Waals surface area (Å²) in [7, 11) is 0. The first kappa shape index (κ1) is 11.5. The summed E-state index contributed by atoms with van der Waals surface area (Å²) < 4.78 is 5.73. The molecule has 0 aliphatic carbocycles.